The maximum atomic E-state index is 5.61. The molecular weight excluding hydrogens is 190 g/mol. The van der Waals surface area contributed by atoms with Gasteiger partial charge in [-0.2, -0.15) is 5.10 Å². The number of nitrogens with zero attached hydrogens (tertiary/aromatic N) is 2. The van der Waals surface area contributed by atoms with Gasteiger partial charge in [0.1, 0.15) is 0 Å². The van der Waals surface area contributed by atoms with Crippen molar-refractivity contribution in [2.75, 3.05) is 7.05 Å². The van der Waals surface area contributed by atoms with Crippen molar-refractivity contribution in [1.29, 1.82) is 0 Å². The zero-order valence-electron chi connectivity index (χ0n) is 9.82. The smallest absolute Gasteiger partial charge is 0.233 e. The summed E-state index contributed by atoms with van der Waals surface area (Å²) in [6, 6.07) is 3.78. The number of nitrogens with one attached hydrogen (secondary N) is 1. The molecule has 4 nitrogen and oxygen atoms in total. The van der Waals surface area contributed by atoms with E-state index in [0.29, 0.717) is 11.8 Å². The van der Waals surface area contributed by atoms with Crippen molar-refractivity contribution in [2.24, 2.45) is 5.92 Å². The quantitative estimate of drug-likeness (QED) is 0.800. The summed E-state index contributed by atoms with van der Waals surface area (Å²) in [6.07, 6.45) is 0.162. The van der Waals surface area contributed by atoms with Gasteiger partial charge in [-0.25, -0.2) is 0 Å². The van der Waals surface area contributed by atoms with Crippen molar-refractivity contribution in [3.8, 4) is 5.88 Å². The summed E-state index contributed by atoms with van der Waals surface area (Å²) in [7, 11) is 1.88. The van der Waals surface area contributed by atoms with E-state index in [1.807, 2.05) is 26.1 Å². The standard InChI is InChI=1S/C11H19N3O/c1-8(2)9(3)15-11-6-5-10(7-12-4)13-14-11/h5-6,8-9,12H,7H2,1-4H3. The van der Waals surface area contributed by atoms with E-state index in [9.17, 15) is 0 Å². The van der Waals surface area contributed by atoms with Crippen LogP contribution in [0, 0.1) is 5.92 Å². The van der Waals surface area contributed by atoms with Crippen LogP contribution in [0.25, 0.3) is 0 Å². The molecule has 4 heteroatoms. The molecule has 1 N–H and O–H groups in total. The molecule has 15 heavy (non-hydrogen) atoms. The summed E-state index contributed by atoms with van der Waals surface area (Å²) >= 11 is 0. The first-order valence-corrected chi connectivity index (χ1v) is 5.27. The molecule has 1 aromatic rings. The van der Waals surface area contributed by atoms with Gasteiger partial charge in [-0.05, 0) is 26.0 Å². The van der Waals surface area contributed by atoms with Crippen molar-refractivity contribution in [3.05, 3.63) is 17.8 Å². The molecule has 0 radical (unpaired) electrons. The Hall–Kier alpha value is -1.16. The van der Waals surface area contributed by atoms with Crippen LogP contribution in [0.3, 0.4) is 0 Å². The minimum absolute atomic E-state index is 0.162. The normalized spacial score (nSPS) is 12.9. The van der Waals surface area contributed by atoms with Gasteiger partial charge in [-0.15, -0.1) is 5.10 Å². The Morgan fingerprint density at radius 3 is 2.47 bits per heavy atom. The van der Waals surface area contributed by atoms with E-state index in [1.165, 1.54) is 0 Å². The average molecular weight is 209 g/mol. The molecule has 84 valence electrons. The number of ether oxygens (including phenoxy) is 1. The van der Waals surface area contributed by atoms with E-state index in [0.717, 1.165) is 12.2 Å². The average Bonchev–Trinajstić information content (AvgIpc) is 2.21. The van der Waals surface area contributed by atoms with Gasteiger partial charge >= 0.3 is 0 Å². The minimum atomic E-state index is 0.162. The van der Waals surface area contributed by atoms with E-state index in [4.69, 9.17) is 4.74 Å². The lowest BCUT2D eigenvalue weighted by molar-refractivity contribution is 0.161. The van der Waals surface area contributed by atoms with Crippen molar-refractivity contribution in [2.45, 2.75) is 33.4 Å². The number of hydrogen-bond acceptors (Lipinski definition) is 4. The van der Waals surface area contributed by atoms with Gasteiger partial charge in [0.05, 0.1) is 11.8 Å². The maximum Gasteiger partial charge on any atom is 0.233 e. The van der Waals surface area contributed by atoms with Crippen LogP contribution in [-0.2, 0) is 6.54 Å². The van der Waals surface area contributed by atoms with Gasteiger partial charge in [0, 0.05) is 12.6 Å². The summed E-state index contributed by atoms with van der Waals surface area (Å²) in [4.78, 5) is 0. The molecule has 0 spiro atoms. The molecule has 0 bridgehead atoms. The van der Waals surface area contributed by atoms with Crippen LogP contribution in [0.4, 0.5) is 0 Å². The molecule has 0 saturated heterocycles. The first-order valence-electron chi connectivity index (χ1n) is 5.27. The molecule has 0 aliphatic heterocycles. The van der Waals surface area contributed by atoms with E-state index in [1.54, 1.807) is 0 Å². The molecule has 0 aromatic carbocycles. The molecule has 1 unspecified atom stereocenters. The van der Waals surface area contributed by atoms with E-state index in [-0.39, 0.29) is 6.10 Å². The van der Waals surface area contributed by atoms with Gasteiger partial charge in [0.15, 0.2) is 0 Å². The topological polar surface area (TPSA) is 47.0 Å². The predicted octanol–water partition coefficient (Wildman–Crippen LogP) is 1.62. The summed E-state index contributed by atoms with van der Waals surface area (Å²) in [5.41, 5.74) is 0.919. The van der Waals surface area contributed by atoms with Gasteiger partial charge in [0.2, 0.25) is 5.88 Å². The summed E-state index contributed by atoms with van der Waals surface area (Å²) < 4.78 is 5.61. The zero-order chi connectivity index (χ0) is 11.3. The Kier molecular flexibility index (Phi) is 4.49. The van der Waals surface area contributed by atoms with Gasteiger partial charge in [0.25, 0.3) is 0 Å². The summed E-state index contributed by atoms with van der Waals surface area (Å²) in [5, 5.41) is 11.1. The first-order chi connectivity index (χ1) is 7.13. The Bertz CT molecular complexity index is 284. The van der Waals surface area contributed by atoms with Crippen molar-refractivity contribution < 1.29 is 4.74 Å². The molecular formula is C11H19N3O. The highest BCUT2D eigenvalue weighted by Crippen LogP contribution is 2.11. The Balaban J connectivity index is 2.56. The van der Waals surface area contributed by atoms with Crippen molar-refractivity contribution in [1.82, 2.24) is 15.5 Å². The largest absolute Gasteiger partial charge is 0.473 e. The van der Waals surface area contributed by atoms with Crippen LogP contribution in [0.15, 0.2) is 12.1 Å². The summed E-state index contributed by atoms with van der Waals surface area (Å²) in [5.74, 6) is 1.07. The number of hydrogen-bond donors (Lipinski definition) is 1. The molecule has 1 atom stereocenters. The SMILES string of the molecule is CNCc1ccc(OC(C)C(C)C)nn1. The maximum absolute atomic E-state index is 5.61. The van der Waals surface area contributed by atoms with Crippen LogP contribution >= 0.6 is 0 Å². The van der Waals surface area contributed by atoms with Crippen LogP contribution in [0.5, 0.6) is 5.88 Å². The minimum Gasteiger partial charge on any atom is -0.473 e. The number of rotatable bonds is 5. The second-order valence-corrected chi connectivity index (χ2v) is 3.96. The third kappa shape index (κ3) is 3.83. The van der Waals surface area contributed by atoms with Crippen molar-refractivity contribution in [3.63, 3.8) is 0 Å². The Labute approximate surface area is 91.1 Å². The lowest BCUT2D eigenvalue weighted by Crippen LogP contribution is -2.19. The van der Waals surface area contributed by atoms with Gasteiger partial charge in [-0.1, -0.05) is 13.8 Å². The molecule has 1 aromatic heterocycles. The lowest BCUT2D eigenvalue weighted by Gasteiger charge is -2.16. The van der Waals surface area contributed by atoms with E-state index < -0.39 is 0 Å². The Morgan fingerprint density at radius 1 is 1.27 bits per heavy atom. The fourth-order valence-corrected chi connectivity index (χ4v) is 1.01. The monoisotopic (exact) mass is 209 g/mol. The van der Waals surface area contributed by atoms with Crippen molar-refractivity contribution >= 4 is 0 Å². The predicted molar refractivity (Wildman–Crippen MR) is 59.7 cm³/mol. The fourth-order valence-electron chi connectivity index (χ4n) is 1.01. The fraction of sp³-hybridized carbons (Fsp3) is 0.636. The molecule has 0 aliphatic rings. The first kappa shape index (κ1) is 11.9. The van der Waals surface area contributed by atoms with Crippen LogP contribution < -0.4 is 10.1 Å². The molecule has 0 amide bonds. The molecule has 1 heterocycles. The lowest BCUT2D eigenvalue weighted by atomic mass is 10.1. The molecule has 0 aliphatic carbocycles. The second kappa shape index (κ2) is 5.66. The van der Waals surface area contributed by atoms with Crippen LogP contribution in [0.1, 0.15) is 26.5 Å². The van der Waals surface area contributed by atoms with E-state index >= 15 is 0 Å². The number of aromatic nitrogens is 2. The van der Waals surface area contributed by atoms with Crippen LogP contribution in [-0.4, -0.2) is 23.3 Å². The Morgan fingerprint density at radius 2 is 2.00 bits per heavy atom. The molecule has 0 saturated carbocycles. The third-order valence-corrected chi connectivity index (χ3v) is 2.30. The summed E-state index contributed by atoms with van der Waals surface area (Å²) in [6.45, 7) is 7.00. The third-order valence-electron chi connectivity index (χ3n) is 2.30. The highest BCUT2D eigenvalue weighted by Gasteiger charge is 2.09. The highest BCUT2D eigenvalue weighted by atomic mass is 16.5. The molecule has 1 rings (SSSR count). The van der Waals surface area contributed by atoms with Crippen LogP contribution in [0.2, 0.25) is 0 Å². The van der Waals surface area contributed by atoms with Gasteiger partial charge in [-0.3, -0.25) is 0 Å². The second-order valence-electron chi connectivity index (χ2n) is 3.96. The van der Waals surface area contributed by atoms with Gasteiger partial charge < -0.3 is 10.1 Å². The zero-order valence-corrected chi connectivity index (χ0v) is 9.82. The van der Waals surface area contributed by atoms with E-state index in [2.05, 4.69) is 29.4 Å². The highest BCUT2D eigenvalue weighted by molar-refractivity contribution is 5.11. The molecule has 0 fully saturated rings.